The van der Waals surface area contributed by atoms with Gasteiger partial charge in [-0.25, -0.2) is 0 Å². The average Bonchev–Trinajstić information content (AvgIpc) is 2.69. The molecule has 4 N–H and O–H groups in total. The number of phenolic OH excluding ortho intramolecular Hbond substituents is 1. The van der Waals surface area contributed by atoms with E-state index in [9.17, 15) is 14.7 Å². The molecule has 0 aliphatic carbocycles. The summed E-state index contributed by atoms with van der Waals surface area (Å²) in [6.45, 7) is 13.2. The number of carboxylic acids is 1. The zero-order chi connectivity index (χ0) is 23.0. The van der Waals surface area contributed by atoms with Gasteiger partial charge in [0.05, 0.1) is 0 Å². The number of aromatic hydroxyl groups is 1. The van der Waals surface area contributed by atoms with E-state index in [2.05, 4.69) is 38.7 Å². The lowest BCUT2D eigenvalue weighted by Gasteiger charge is -2.45. The first-order valence-corrected chi connectivity index (χ1v) is 11.6. The van der Waals surface area contributed by atoms with Gasteiger partial charge < -0.3 is 25.5 Å². The molecule has 0 spiro atoms. The number of hydrogen-bond donors (Lipinski definition) is 2. The predicted octanol–water partition coefficient (Wildman–Crippen LogP) is 3.30. The van der Waals surface area contributed by atoms with E-state index in [1.807, 2.05) is 17.0 Å². The monoisotopic (exact) mass is 450 g/mol. The summed E-state index contributed by atoms with van der Waals surface area (Å²) in [5.41, 5.74) is 1.26. The first-order valence-electron chi connectivity index (χ1n) is 11.6. The van der Waals surface area contributed by atoms with Crippen LogP contribution in [0.25, 0.3) is 0 Å². The van der Waals surface area contributed by atoms with Gasteiger partial charge in [-0.15, -0.1) is 0 Å². The van der Waals surface area contributed by atoms with Crippen molar-refractivity contribution >= 4 is 11.9 Å². The Morgan fingerprint density at radius 1 is 1.25 bits per heavy atom. The Bertz CT molecular complexity index is 739. The molecule has 7 nitrogen and oxygen atoms in total. The fourth-order valence-electron chi connectivity index (χ4n) is 4.60. The van der Waals surface area contributed by atoms with Gasteiger partial charge in [0.2, 0.25) is 5.91 Å². The van der Waals surface area contributed by atoms with Crippen molar-refractivity contribution < 1.29 is 25.3 Å². The van der Waals surface area contributed by atoms with Crippen molar-refractivity contribution in [1.29, 1.82) is 0 Å². The van der Waals surface area contributed by atoms with Gasteiger partial charge in [0.15, 0.2) is 0 Å². The molecule has 1 aromatic rings. The normalized spacial score (nSPS) is 21.2. The molecule has 7 heteroatoms. The number of likely N-dealkylation sites (tertiary alicyclic amines) is 1. The van der Waals surface area contributed by atoms with Crippen LogP contribution in [0.2, 0.25) is 0 Å². The summed E-state index contributed by atoms with van der Waals surface area (Å²) in [5.74, 6) is 0.402. The van der Waals surface area contributed by atoms with Crippen LogP contribution in [0, 0.1) is 11.8 Å². The number of carbonyl (C=O) groups excluding carboxylic acids is 1. The number of nitrogens with zero attached hydrogens (tertiary/aromatic N) is 2. The van der Waals surface area contributed by atoms with Crippen LogP contribution in [0.15, 0.2) is 24.3 Å². The summed E-state index contributed by atoms with van der Waals surface area (Å²) < 4.78 is 0. The molecule has 0 unspecified atom stereocenters. The number of carbonyl (C=O) groups is 2. The second-order valence-electron chi connectivity index (χ2n) is 9.75. The summed E-state index contributed by atoms with van der Waals surface area (Å²) in [6, 6.07) is 7.65. The molecule has 1 fully saturated rings. The van der Waals surface area contributed by atoms with Crippen molar-refractivity contribution in [2.24, 2.45) is 11.8 Å². The van der Waals surface area contributed by atoms with Crippen LogP contribution in [0.5, 0.6) is 5.75 Å². The number of piperidine rings is 1. The molecule has 1 aliphatic rings. The van der Waals surface area contributed by atoms with Crippen molar-refractivity contribution in [2.75, 3.05) is 32.7 Å². The van der Waals surface area contributed by atoms with Crippen molar-refractivity contribution in [2.45, 2.75) is 65.2 Å². The van der Waals surface area contributed by atoms with Crippen LogP contribution in [0.1, 0.15) is 65.4 Å². The van der Waals surface area contributed by atoms with E-state index in [4.69, 9.17) is 5.11 Å². The maximum atomic E-state index is 12.6. The van der Waals surface area contributed by atoms with Gasteiger partial charge >= 0.3 is 5.97 Å². The highest BCUT2D eigenvalue weighted by Crippen LogP contribution is 2.40. The maximum absolute atomic E-state index is 12.6. The van der Waals surface area contributed by atoms with Crippen molar-refractivity contribution in [3.05, 3.63) is 29.8 Å². The van der Waals surface area contributed by atoms with Crippen LogP contribution < -0.4 is 0 Å². The van der Waals surface area contributed by atoms with Crippen LogP contribution in [0.4, 0.5) is 0 Å². The average molecular weight is 451 g/mol. The molecule has 182 valence electrons. The number of hydrogen-bond acceptors (Lipinski definition) is 4. The quantitative estimate of drug-likeness (QED) is 0.537. The highest BCUT2D eigenvalue weighted by molar-refractivity contribution is 5.77. The van der Waals surface area contributed by atoms with Gasteiger partial charge in [-0.05, 0) is 67.3 Å². The Kier molecular flexibility index (Phi) is 11.2. The summed E-state index contributed by atoms with van der Waals surface area (Å²) >= 11 is 0. The summed E-state index contributed by atoms with van der Waals surface area (Å²) in [4.78, 5) is 27.7. The van der Waals surface area contributed by atoms with Gasteiger partial charge in [0, 0.05) is 32.5 Å². The van der Waals surface area contributed by atoms with E-state index in [-0.39, 0.29) is 23.2 Å². The van der Waals surface area contributed by atoms with Gasteiger partial charge in [-0.3, -0.25) is 9.59 Å². The minimum absolute atomic E-state index is 0. The van der Waals surface area contributed by atoms with Crippen LogP contribution in [0.3, 0.4) is 0 Å². The SMILES string of the molecule is CC(C)CN(CCCN1CC[C@](C)(c2cccc(O)c2)[C@@H](C)C1)C(=O)CCCC(=O)O.O. The smallest absolute Gasteiger partial charge is 0.303 e. The highest BCUT2D eigenvalue weighted by atomic mass is 16.4. The Hall–Kier alpha value is -2.12. The number of amides is 1. The van der Waals surface area contributed by atoms with Crippen molar-refractivity contribution in [3.63, 3.8) is 0 Å². The van der Waals surface area contributed by atoms with Crippen LogP contribution >= 0.6 is 0 Å². The number of phenols is 1. The second kappa shape index (κ2) is 12.8. The molecular weight excluding hydrogens is 408 g/mol. The molecule has 0 bridgehead atoms. The van der Waals surface area contributed by atoms with Gasteiger partial charge in [-0.1, -0.05) is 39.8 Å². The summed E-state index contributed by atoms with van der Waals surface area (Å²) in [6.07, 6.45) is 2.72. The zero-order valence-corrected chi connectivity index (χ0v) is 20.1. The maximum Gasteiger partial charge on any atom is 0.303 e. The lowest BCUT2D eigenvalue weighted by Crippen LogP contribution is -2.48. The van der Waals surface area contributed by atoms with Crippen molar-refractivity contribution in [1.82, 2.24) is 9.80 Å². The first kappa shape index (κ1) is 27.9. The number of rotatable bonds is 11. The third-order valence-corrected chi connectivity index (χ3v) is 6.69. The third kappa shape index (κ3) is 8.10. The molecule has 0 radical (unpaired) electrons. The topological polar surface area (TPSA) is 113 Å². The lowest BCUT2D eigenvalue weighted by atomic mass is 9.68. The van der Waals surface area contributed by atoms with Crippen LogP contribution in [-0.4, -0.2) is 70.1 Å². The Morgan fingerprint density at radius 3 is 2.56 bits per heavy atom. The van der Waals surface area contributed by atoms with Crippen LogP contribution in [-0.2, 0) is 15.0 Å². The summed E-state index contributed by atoms with van der Waals surface area (Å²) in [5, 5.41) is 18.7. The number of carboxylic acid groups (broad SMARTS) is 1. The molecule has 1 heterocycles. The number of benzene rings is 1. The van der Waals surface area contributed by atoms with E-state index >= 15 is 0 Å². The Balaban J connectivity index is 0.00000512. The van der Waals surface area contributed by atoms with Gasteiger partial charge in [0.25, 0.3) is 0 Å². The molecule has 1 saturated heterocycles. The highest BCUT2D eigenvalue weighted by Gasteiger charge is 2.37. The molecule has 2 rings (SSSR count). The molecule has 0 saturated carbocycles. The molecule has 1 aromatic carbocycles. The van der Waals surface area contributed by atoms with Gasteiger partial charge in [0.1, 0.15) is 5.75 Å². The standard InChI is InChI=1S/C25H40N2O4.H2O/c1-19(2)17-27(23(29)10-6-11-24(30)31)14-7-13-26-15-12-25(4,20(3)18-26)21-8-5-9-22(28)16-21;/h5,8-9,16,19-20,28H,6-7,10-15,17-18H2,1-4H3,(H,30,31);1H2/t20-,25-;/m0./s1. The second-order valence-corrected chi connectivity index (χ2v) is 9.75. The molecular formula is C25H42N2O5. The van der Waals surface area contributed by atoms with E-state index in [1.165, 1.54) is 5.56 Å². The molecule has 0 aromatic heterocycles. The van der Waals surface area contributed by atoms with E-state index in [1.54, 1.807) is 6.07 Å². The van der Waals surface area contributed by atoms with E-state index in [0.29, 0.717) is 30.4 Å². The van der Waals surface area contributed by atoms with Gasteiger partial charge in [-0.2, -0.15) is 0 Å². The zero-order valence-electron chi connectivity index (χ0n) is 20.1. The fourth-order valence-corrected chi connectivity index (χ4v) is 4.60. The third-order valence-electron chi connectivity index (χ3n) is 6.69. The Morgan fingerprint density at radius 2 is 1.97 bits per heavy atom. The molecule has 2 atom stereocenters. The number of aliphatic carboxylic acids is 1. The minimum atomic E-state index is -0.847. The predicted molar refractivity (Wildman–Crippen MR) is 127 cm³/mol. The molecule has 1 aliphatic heterocycles. The summed E-state index contributed by atoms with van der Waals surface area (Å²) in [7, 11) is 0. The molecule has 1 amide bonds. The fraction of sp³-hybridized carbons (Fsp3) is 0.680. The van der Waals surface area contributed by atoms with Crippen molar-refractivity contribution in [3.8, 4) is 5.75 Å². The Labute approximate surface area is 192 Å². The van der Waals surface area contributed by atoms with E-state index in [0.717, 1.165) is 45.6 Å². The lowest BCUT2D eigenvalue weighted by molar-refractivity contribution is -0.137. The first-order chi connectivity index (χ1) is 14.6. The minimum Gasteiger partial charge on any atom is -0.508 e. The largest absolute Gasteiger partial charge is 0.508 e. The molecule has 32 heavy (non-hydrogen) atoms. The van der Waals surface area contributed by atoms with E-state index < -0.39 is 5.97 Å².